The van der Waals surface area contributed by atoms with E-state index in [-0.39, 0.29) is 5.97 Å². The summed E-state index contributed by atoms with van der Waals surface area (Å²) in [7, 11) is 0. The van der Waals surface area contributed by atoms with Crippen molar-refractivity contribution in [3.63, 3.8) is 0 Å². The zero-order chi connectivity index (χ0) is 12.0. The minimum Gasteiger partial charge on any atom is -0.466 e. The van der Waals surface area contributed by atoms with Gasteiger partial charge in [0.15, 0.2) is 0 Å². The van der Waals surface area contributed by atoms with Crippen LogP contribution in [0.15, 0.2) is 18.2 Å². The number of benzene rings is 1. The molecule has 0 spiro atoms. The fourth-order valence-corrected chi connectivity index (χ4v) is 1.64. The lowest BCUT2D eigenvalue weighted by Crippen LogP contribution is -2.07. The monoisotopic (exact) mass is 220 g/mol. The van der Waals surface area contributed by atoms with Gasteiger partial charge >= 0.3 is 5.97 Å². The summed E-state index contributed by atoms with van der Waals surface area (Å²) in [5.74, 6) is -0.220. The minimum absolute atomic E-state index is 0.220. The van der Waals surface area contributed by atoms with Crippen molar-refractivity contribution in [3.8, 4) is 0 Å². The zero-order valence-electron chi connectivity index (χ0n) is 9.66. The fraction of sp³-hybridized carbons (Fsp3) is 0.385. The van der Waals surface area contributed by atoms with Crippen LogP contribution in [0.2, 0.25) is 0 Å². The van der Waals surface area contributed by atoms with Gasteiger partial charge in [-0.3, -0.25) is 9.59 Å². The fourth-order valence-electron chi connectivity index (χ4n) is 1.64. The summed E-state index contributed by atoms with van der Waals surface area (Å²) in [5, 5.41) is 0. The summed E-state index contributed by atoms with van der Waals surface area (Å²) in [5.41, 5.74) is 2.63. The third-order valence-electron chi connectivity index (χ3n) is 2.46. The Bertz CT molecular complexity index is 383. The zero-order valence-corrected chi connectivity index (χ0v) is 9.66. The van der Waals surface area contributed by atoms with Crippen LogP contribution >= 0.6 is 0 Å². The van der Waals surface area contributed by atoms with Crippen LogP contribution in [-0.4, -0.2) is 18.9 Å². The van der Waals surface area contributed by atoms with Crippen molar-refractivity contribution in [1.29, 1.82) is 0 Å². The van der Waals surface area contributed by atoms with E-state index >= 15 is 0 Å². The molecule has 1 aromatic rings. The Morgan fingerprint density at radius 1 is 1.44 bits per heavy atom. The van der Waals surface area contributed by atoms with E-state index in [4.69, 9.17) is 4.74 Å². The Kier molecular flexibility index (Phi) is 4.70. The Hall–Kier alpha value is -1.64. The molecule has 0 aromatic heterocycles. The standard InChI is InChI=1S/C13H16O3/c1-3-16-13(15)8-7-12-10(2)5-4-6-11(12)9-14/h4-6,9H,3,7-8H2,1-2H3. The molecule has 0 N–H and O–H groups in total. The van der Waals surface area contributed by atoms with E-state index in [2.05, 4.69) is 0 Å². The summed E-state index contributed by atoms with van der Waals surface area (Å²) in [6.07, 6.45) is 1.70. The first-order valence-electron chi connectivity index (χ1n) is 5.38. The molecule has 3 nitrogen and oxygen atoms in total. The first-order valence-corrected chi connectivity index (χ1v) is 5.38. The van der Waals surface area contributed by atoms with Gasteiger partial charge in [0.2, 0.25) is 0 Å². The highest BCUT2D eigenvalue weighted by molar-refractivity contribution is 5.78. The maximum absolute atomic E-state index is 11.2. The van der Waals surface area contributed by atoms with Gasteiger partial charge in [-0.05, 0) is 31.4 Å². The van der Waals surface area contributed by atoms with Gasteiger partial charge in [0.05, 0.1) is 6.61 Å². The van der Waals surface area contributed by atoms with Crippen molar-refractivity contribution in [2.45, 2.75) is 26.7 Å². The highest BCUT2D eigenvalue weighted by Gasteiger charge is 2.08. The second-order valence-electron chi connectivity index (χ2n) is 3.57. The number of ether oxygens (including phenoxy) is 1. The van der Waals surface area contributed by atoms with Gasteiger partial charge in [-0.25, -0.2) is 0 Å². The van der Waals surface area contributed by atoms with E-state index in [1.807, 2.05) is 19.1 Å². The number of carbonyl (C=O) groups excluding carboxylic acids is 2. The van der Waals surface area contributed by atoms with E-state index < -0.39 is 0 Å². The molecule has 0 amide bonds. The van der Waals surface area contributed by atoms with E-state index in [0.29, 0.717) is 25.0 Å². The molecule has 0 aliphatic rings. The SMILES string of the molecule is CCOC(=O)CCc1c(C)cccc1C=O. The molecule has 0 aliphatic heterocycles. The molecule has 1 aromatic carbocycles. The van der Waals surface area contributed by atoms with E-state index in [1.165, 1.54) is 0 Å². The molecule has 0 bridgehead atoms. The molecule has 0 fully saturated rings. The molecule has 16 heavy (non-hydrogen) atoms. The van der Waals surface area contributed by atoms with Crippen LogP contribution in [-0.2, 0) is 16.0 Å². The van der Waals surface area contributed by atoms with Gasteiger partial charge in [-0.2, -0.15) is 0 Å². The molecule has 0 saturated heterocycles. The van der Waals surface area contributed by atoms with Gasteiger partial charge in [-0.15, -0.1) is 0 Å². The van der Waals surface area contributed by atoms with Crippen molar-refractivity contribution in [2.75, 3.05) is 6.61 Å². The van der Waals surface area contributed by atoms with Crippen molar-refractivity contribution >= 4 is 12.3 Å². The molecule has 0 saturated carbocycles. The molecule has 0 unspecified atom stereocenters. The Morgan fingerprint density at radius 3 is 2.81 bits per heavy atom. The second kappa shape index (κ2) is 6.05. The van der Waals surface area contributed by atoms with Crippen LogP contribution in [0.4, 0.5) is 0 Å². The molecule has 0 aliphatic carbocycles. The second-order valence-corrected chi connectivity index (χ2v) is 3.57. The smallest absolute Gasteiger partial charge is 0.306 e. The third-order valence-corrected chi connectivity index (χ3v) is 2.46. The number of carbonyl (C=O) groups is 2. The van der Waals surface area contributed by atoms with Crippen molar-refractivity contribution < 1.29 is 14.3 Å². The van der Waals surface area contributed by atoms with Crippen LogP contribution in [0, 0.1) is 6.92 Å². The number of esters is 1. The molecule has 0 radical (unpaired) electrons. The Labute approximate surface area is 95.4 Å². The molecule has 0 heterocycles. The number of aryl methyl sites for hydroxylation is 1. The van der Waals surface area contributed by atoms with Crippen molar-refractivity contribution in [2.24, 2.45) is 0 Å². The highest BCUT2D eigenvalue weighted by atomic mass is 16.5. The van der Waals surface area contributed by atoms with Gasteiger partial charge in [0.1, 0.15) is 6.29 Å². The lowest BCUT2D eigenvalue weighted by atomic mass is 9.98. The van der Waals surface area contributed by atoms with Gasteiger partial charge in [0, 0.05) is 12.0 Å². The van der Waals surface area contributed by atoms with Crippen LogP contribution in [0.1, 0.15) is 34.8 Å². The van der Waals surface area contributed by atoms with Gasteiger partial charge in [-0.1, -0.05) is 18.2 Å². The van der Waals surface area contributed by atoms with Gasteiger partial charge in [0.25, 0.3) is 0 Å². The number of aldehydes is 1. The van der Waals surface area contributed by atoms with Crippen molar-refractivity contribution in [3.05, 3.63) is 34.9 Å². The molecular formula is C13H16O3. The lowest BCUT2D eigenvalue weighted by molar-refractivity contribution is -0.143. The minimum atomic E-state index is -0.220. The number of hydrogen-bond donors (Lipinski definition) is 0. The summed E-state index contributed by atoms with van der Waals surface area (Å²) in [4.78, 5) is 22.1. The summed E-state index contributed by atoms with van der Waals surface area (Å²) >= 11 is 0. The quantitative estimate of drug-likeness (QED) is 0.565. The van der Waals surface area contributed by atoms with Crippen LogP contribution in [0.3, 0.4) is 0 Å². The number of hydrogen-bond acceptors (Lipinski definition) is 3. The van der Waals surface area contributed by atoms with Crippen LogP contribution < -0.4 is 0 Å². The highest BCUT2D eigenvalue weighted by Crippen LogP contribution is 2.14. The topological polar surface area (TPSA) is 43.4 Å². The number of rotatable bonds is 5. The maximum atomic E-state index is 11.2. The predicted octanol–water partition coefficient (Wildman–Crippen LogP) is 2.30. The normalized spacial score (nSPS) is 9.88. The first-order chi connectivity index (χ1) is 7.69. The van der Waals surface area contributed by atoms with E-state index in [9.17, 15) is 9.59 Å². The molecule has 1 rings (SSSR count). The Morgan fingerprint density at radius 2 is 2.19 bits per heavy atom. The Balaban J connectivity index is 2.72. The molecule has 86 valence electrons. The third kappa shape index (κ3) is 3.19. The van der Waals surface area contributed by atoms with E-state index in [1.54, 1.807) is 13.0 Å². The molecular weight excluding hydrogens is 204 g/mol. The molecule has 3 heteroatoms. The summed E-state index contributed by atoms with van der Waals surface area (Å²) in [6.45, 7) is 4.11. The van der Waals surface area contributed by atoms with Gasteiger partial charge < -0.3 is 4.74 Å². The summed E-state index contributed by atoms with van der Waals surface area (Å²) in [6, 6.07) is 5.54. The van der Waals surface area contributed by atoms with Crippen LogP contribution in [0.5, 0.6) is 0 Å². The molecule has 0 atom stereocenters. The predicted molar refractivity (Wildman–Crippen MR) is 61.5 cm³/mol. The van der Waals surface area contributed by atoms with Crippen LogP contribution in [0.25, 0.3) is 0 Å². The average molecular weight is 220 g/mol. The largest absolute Gasteiger partial charge is 0.466 e. The average Bonchev–Trinajstić information content (AvgIpc) is 2.27. The summed E-state index contributed by atoms with van der Waals surface area (Å²) < 4.78 is 4.85. The van der Waals surface area contributed by atoms with E-state index in [0.717, 1.165) is 17.4 Å². The maximum Gasteiger partial charge on any atom is 0.306 e. The van der Waals surface area contributed by atoms with Crippen molar-refractivity contribution in [1.82, 2.24) is 0 Å². The lowest BCUT2D eigenvalue weighted by Gasteiger charge is -2.08. The first kappa shape index (κ1) is 12.4.